The second-order valence-electron chi connectivity index (χ2n) is 6.14. The van der Waals surface area contributed by atoms with Gasteiger partial charge in [-0.15, -0.1) is 11.3 Å². The van der Waals surface area contributed by atoms with Gasteiger partial charge in [0.2, 0.25) is 5.78 Å². The van der Waals surface area contributed by atoms with Crippen molar-refractivity contribution < 1.29 is 26.8 Å². The van der Waals surface area contributed by atoms with Crippen molar-refractivity contribution in [3.8, 4) is 22.6 Å². The summed E-state index contributed by atoms with van der Waals surface area (Å²) in [5.74, 6) is -3.39. The first-order valence-electron chi connectivity index (χ1n) is 8.54. The van der Waals surface area contributed by atoms with E-state index in [9.17, 15) is 22.4 Å². The zero-order chi connectivity index (χ0) is 21.3. The highest BCUT2D eigenvalue weighted by Gasteiger charge is 2.39. The van der Waals surface area contributed by atoms with Gasteiger partial charge in [-0.1, -0.05) is 6.07 Å². The molecule has 5 nitrogen and oxygen atoms in total. The topological polar surface area (TPSA) is 68.9 Å². The molecular weight excluding hydrogens is 422 g/mol. The minimum Gasteiger partial charge on any atom is -0.429 e. The summed E-state index contributed by atoms with van der Waals surface area (Å²) in [5, 5.41) is 2.09. The molecular formula is C20H11F4N3O2S. The number of ketones is 1. The van der Waals surface area contributed by atoms with Gasteiger partial charge >= 0.3 is 12.1 Å². The Morgan fingerprint density at radius 1 is 1.03 bits per heavy atom. The fraction of sp³-hybridized carbons (Fsp3) is 0.100. The Morgan fingerprint density at radius 2 is 1.80 bits per heavy atom. The maximum atomic E-state index is 13.2. The van der Waals surface area contributed by atoms with Gasteiger partial charge in [0.15, 0.2) is 5.76 Å². The average molecular weight is 433 g/mol. The molecule has 10 heteroatoms. The minimum absolute atomic E-state index is 0.132. The number of pyridine rings is 1. The molecule has 0 aliphatic heterocycles. The normalized spacial score (nSPS) is 11.6. The van der Waals surface area contributed by atoms with E-state index in [0.717, 1.165) is 12.1 Å². The summed E-state index contributed by atoms with van der Waals surface area (Å²) in [6, 6.07) is 9.86. The molecule has 0 atom stereocenters. The lowest BCUT2D eigenvalue weighted by atomic mass is 10.1. The number of hydrogen-bond acceptors (Lipinski definition) is 6. The molecule has 3 aromatic heterocycles. The zero-order valence-electron chi connectivity index (χ0n) is 15.0. The Labute approximate surface area is 171 Å². The van der Waals surface area contributed by atoms with Gasteiger partial charge in [-0.25, -0.2) is 14.4 Å². The predicted molar refractivity (Wildman–Crippen MR) is 100 cm³/mol. The highest BCUT2D eigenvalue weighted by atomic mass is 32.1. The van der Waals surface area contributed by atoms with Crippen molar-refractivity contribution in [3.05, 3.63) is 76.5 Å². The van der Waals surface area contributed by atoms with Crippen LogP contribution in [0.15, 0.2) is 58.5 Å². The maximum Gasteiger partial charge on any atom is 0.468 e. The van der Waals surface area contributed by atoms with E-state index in [-0.39, 0.29) is 17.7 Å². The van der Waals surface area contributed by atoms with Crippen LogP contribution in [0.2, 0.25) is 0 Å². The van der Waals surface area contributed by atoms with E-state index < -0.39 is 29.4 Å². The third-order valence-electron chi connectivity index (χ3n) is 4.03. The van der Waals surface area contributed by atoms with Gasteiger partial charge < -0.3 is 4.42 Å². The summed E-state index contributed by atoms with van der Waals surface area (Å²) in [7, 11) is 0. The Balaban J connectivity index is 1.66. The molecule has 4 rings (SSSR count). The van der Waals surface area contributed by atoms with E-state index in [1.807, 2.05) is 0 Å². The van der Waals surface area contributed by atoms with Crippen molar-refractivity contribution in [1.29, 1.82) is 0 Å². The van der Waals surface area contributed by atoms with Gasteiger partial charge in [0.25, 0.3) is 0 Å². The molecule has 0 amide bonds. The van der Waals surface area contributed by atoms with Crippen LogP contribution in [0.1, 0.15) is 21.5 Å². The summed E-state index contributed by atoms with van der Waals surface area (Å²) >= 11 is 1.18. The van der Waals surface area contributed by atoms with Gasteiger partial charge in [0.1, 0.15) is 16.5 Å². The predicted octanol–water partition coefficient (Wildman–Crippen LogP) is 5.44. The SMILES string of the molecule is O=C(Cc1nc(-c2ccccn2)cs1)c1oc(C(F)(F)F)nc1-c1ccc(F)cc1. The van der Waals surface area contributed by atoms with Gasteiger partial charge in [-0.2, -0.15) is 13.2 Å². The fourth-order valence-electron chi connectivity index (χ4n) is 2.68. The first-order valence-corrected chi connectivity index (χ1v) is 9.42. The van der Waals surface area contributed by atoms with Crippen LogP contribution in [-0.4, -0.2) is 20.7 Å². The zero-order valence-corrected chi connectivity index (χ0v) is 15.8. The van der Waals surface area contributed by atoms with Crippen LogP contribution in [0.3, 0.4) is 0 Å². The van der Waals surface area contributed by atoms with Gasteiger partial charge in [0.05, 0.1) is 17.8 Å². The molecule has 0 radical (unpaired) electrons. The van der Waals surface area contributed by atoms with Crippen molar-refractivity contribution in [1.82, 2.24) is 15.0 Å². The van der Waals surface area contributed by atoms with Crippen LogP contribution < -0.4 is 0 Å². The van der Waals surface area contributed by atoms with Crippen LogP contribution >= 0.6 is 11.3 Å². The Hall–Kier alpha value is -3.40. The minimum atomic E-state index is -4.87. The summed E-state index contributed by atoms with van der Waals surface area (Å²) in [4.78, 5) is 24.7. The molecule has 0 spiro atoms. The molecule has 3 heterocycles. The molecule has 0 unspecified atom stereocenters. The van der Waals surface area contributed by atoms with E-state index in [4.69, 9.17) is 4.42 Å². The van der Waals surface area contributed by atoms with Gasteiger partial charge in [0, 0.05) is 17.1 Å². The van der Waals surface area contributed by atoms with Crippen molar-refractivity contribution in [2.45, 2.75) is 12.6 Å². The number of carbonyl (C=O) groups excluding carboxylic acids is 1. The van der Waals surface area contributed by atoms with E-state index in [1.165, 1.54) is 23.5 Å². The number of carbonyl (C=O) groups is 1. The van der Waals surface area contributed by atoms with E-state index in [1.54, 1.807) is 29.8 Å². The summed E-state index contributed by atoms with van der Waals surface area (Å²) in [6.07, 6.45) is -3.56. The summed E-state index contributed by atoms with van der Waals surface area (Å²) in [5.41, 5.74) is 0.996. The van der Waals surface area contributed by atoms with E-state index >= 15 is 0 Å². The largest absolute Gasteiger partial charge is 0.468 e. The van der Waals surface area contributed by atoms with Crippen molar-refractivity contribution in [3.63, 3.8) is 0 Å². The lowest BCUT2D eigenvalue weighted by Crippen LogP contribution is -2.05. The first kappa shape index (κ1) is 19.9. The van der Waals surface area contributed by atoms with Gasteiger partial charge in [-0.3, -0.25) is 9.78 Å². The number of oxazole rings is 1. The Kier molecular flexibility index (Phi) is 5.17. The molecule has 152 valence electrons. The van der Waals surface area contributed by atoms with E-state index in [2.05, 4.69) is 15.0 Å². The molecule has 30 heavy (non-hydrogen) atoms. The number of halogens is 4. The lowest BCUT2D eigenvalue weighted by molar-refractivity contribution is -0.157. The van der Waals surface area contributed by atoms with Crippen LogP contribution in [0.4, 0.5) is 17.6 Å². The number of rotatable bonds is 5. The number of benzene rings is 1. The molecule has 4 aromatic rings. The molecule has 0 aliphatic carbocycles. The van der Waals surface area contributed by atoms with E-state index in [0.29, 0.717) is 16.4 Å². The molecule has 0 aliphatic rings. The monoisotopic (exact) mass is 433 g/mol. The van der Waals surface area contributed by atoms with Gasteiger partial charge in [-0.05, 0) is 36.4 Å². The number of nitrogens with zero attached hydrogens (tertiary/aromatic N) is 3. The molecule has 0 saturated heterocycles. The molecule has 0 bridgehead atoms. The second kappa shape index (κ2) is 7.79. The van der Waals surface area contributed by atoms with Crippen LogP contribution in [-0.2, 0) is 12.6 Å². The maximum absolute atomic E-state index is 13.2. The first-order chi connectivity index (χ1) is 14.3. The lowest BCUT2D eigenvalue weighted by Gasteiger charge is -2.00. The molecule has 1 aromatic carbocycles. The highest BCUT2D eigenvalue weighted by molar-refractivity contribution is 7.10. The molecule has 0 N–H and O–H groups in total. The number of alkyl halides is 3. The van der Waals surface area contributed by atoms with Crippen LogP contribution in [0.5, 0.6) is 0 Å². The van der Waals surface area contributed by atoms with Crippen molar-refractivity contribution in [2.24, 2.45) is 0 Å². The Morgan fingerprint density at radius 3 is 2.47 bits per heavy atom. The highest BCUT2D eigenvalue weighted by Crippen LogP contribution is 2.34. The van der Waals surface area contributed by atoms with Crippen LogP contribution in [0, 0.1) is 5.82 Å². The molecule has 0 fully saturated rings. The number of Topliss-reactive ketones (excluding diaryl/α,β-unsaturated/α-hetero) is 1. The number of hydrogen-bond donors (Lipinski definition) is 0. The fourth-order valence-corrected chi connectivity index (χ4v) is 3.46. The number of thiazole rings is 1. The third-order valence-corrected chi connectivity index (χ3v) is 4.88. The average Bonchev–Trinajstić information content (AvgIpc) is 3.36. The quantitative estimate of drug-likeness (QED) is 0.310. The van der Waals surface area contributed by atoms with Crippen molar-refractivity contribution >= 4 is 17.1 Å². The third kappa shape index (κ3) is 4.13. The molecule has 0 saturated carbocycles. The summed E-state index contributed by atoms with van der Waals surface area (Å²) in [6.45, 7) is 0. The van der Waals surface area contributed by atoms with Crippen LogP contribution in [0.25, 0.3) is 22.6 Å². The van der Waals surface area contributed by atoms with Crippen molar-refractivity contribution in [2.75, 3.05) is 0 Å². The standard InChI is InChI=1S/C20H11F4N3O2S/c21-12-6-4-11(5-7-12)17-18(29-19(27-17)20(22,23)24)15(28)9-16-26-14(10-30-16)13-3-1-2-8-25-13/h1-8,10H,9H2. The smallest absolute Gasteiger partial charge is 0.429 e. The Bertz CT molecular complexity index is 1180. The number of aromatic nitrogens is 3. The second-order valence-corrected chi connectivity index (χ2v) is 7.09. The summed E-state index contributed by atoms with van der Waals surface area (Å²) < 4.78 is 57.3.